The monoisotopic (exact) mass is 294 g/mol. The summed E-state index contributed by atoms with van der Waals surface area (Å²) in [6, 6.07) is 5.41. The molecule has 0 amide bonds. The van der Waals surface area contributed by atoms with E-state index in [9.17, 15) is 8.42 Å². The molecule has 1 aliphatic carbocycles. The van der Waals surface area contributed by atoms with Crippen LogP contribution < -0.4 is 10.0 Å². The van der Waals surface area contributed by atoms with Gasteiger partial charge in [-0.1, -0.05) is 12.8 Å². The Hall–Kier alpha value is -1.07. The van der Waals surface area contributed by atoms with Gasteiger partial charge in [-0.15, -0.1) is 0 Å². The van der Waals surface area contributed by atoms with Crippen LogP contribution in [0.1, 0.15) is 37.7 Å². The molecule has 0 aromatic heterocycles. The van der Waals surface area contributed by atoms with Crippen molar-refractivity contribution in [2.24, 2.45) is 5.92 Å². The number of fused-ring (bicyclic) bond motifs is 1. The van der Waals surface area contributed by atoms with Gasteiger partial charge in [0.1, 0.15) is 0 Å². The lowest BCUT2D eigenvalue weighted by atomic mass is 10.0. The minimum atomic E-state index is -3.36. The first-order valence-corrected chi connectivity index (χ1v) is 9.00. The van der Waals surface area contributed by atoms with Crippen LogP contribution in [0.5, 0.6) is 0 Å². The van der Waals surface area contributed by atoms with E-state index in [0.717, 1.165) is 43.5 Å². The Labute approximate surface area is 121 Å². The first-order chi connectivity index (χ1) is 9.65. The number of hydrogen-bond acceptors (Lipinski definition) is 3. The zero-order chi connectivity index (χ0) is 14.0. The van der Waals surface area contributed by atoms with Crippen LogP contribution in [0, 0.1) is 5.92 Å². The number of anilines is 1. The van der Waals surface area contributed by atoms with Gasteiger partial charge in [0.2, 0.25) is 10.0 Å². The molecule has 0 unspecified atom stereocenters. The van der Waals surface area contributed by atoms with E-state index in [2.05, 4.69) is 10.0 Å². The Balaban J connectivity index is 1.73. The maximum Gasteiger partial charge on any atom is 0.240 e. The van der Waals surface area contributed by atoms with Crippen molar-refractivity contribution < 1.29 is 8.42 Å². The minimum absolute atomic E-state index is 0.401. The molecule has 0 spiro atoms. The predicted molar refractivity (Wildman–Crippen MR) is 80.4 cm³/mol. The first-order valence-electron chi connectivity index (χ1n) is 7.52. The van der Waals surface area contributed by atoms with E-state index in [0.29, 0.717) is 17.4 Å². The lowest BCUT2D eigenvalue weighted by molar-refractivity contribution is 0.519. The third kappa shape index (κ3) is 2.99. The molecule has 5 heteroatoms. The Bertz CT molecular complexity index is 578. The topological polar surface area (TPSA) is 58.2 Å². The average molecular weight is 294 g/mol. The number of benzene rings is 1. The van der Waals surface area contributed by atoms with Gasteiger partial charge >= 0.3 is 0 Å². The molecule has 3 rings (SSSR count). The quantitative estimate of drug-likeness (QED) is 0.897. The van der Waals surface area contributed by atoms with Crippen molar-refractivity contribution in [1.29, 1.82) is 0 Å². The van der Waals surface area contributed by atoms with E-state index in [1.807, 2.05) is 12.1 Å². The molecule has 0 atom stereocenters. The van der Waals surface area contributed by atoms with Gasteiger partial charge in [-0.2, -0.15) is 0 Å². The second-order valence-electron chi connectivity index (χ2n) is 5.85. The lowest BCUT2D eigenvalue weighted by Crippen LogP contribution is -2.28. The molecular weight excluding hydrogens is 272 g/mol. The van der Waals surface area contributed by atoms with E-state index < -0.39 is 10.0 Å². The third-order valence-electron chi connectivity index (χ3n) is 4.36. The lowest BCUT2D eigenvalue weighted by Gasteiger charge is -2.19. The maximum absolute atomic E-state index is 12.3. The van der Waals surface area contributed by atoms with Gasteiger partial charge in [0.15, 0.2) is 0 Å². The first kappa shape index (κ1) is 13.9. The molecule has 2 aliphatic rings. The minimum Gasteiger partial charge on any atom is -0.385 e. The fourth-order valence-electron chi connectivity index (χ4n) is 3.14. The molecule has 1 aromatic carbocycles. The van der Waals surface area contributed by atoms with Crippen LogP contribution >= 0.6 is 0 Å². The molecule has 4 nitrogen and oxygen atoms in total. The van der Waals surface area contributed by atoms with Gasteiger partial charge in [-0.3, -0.25) is 0 Å². The summed E-state index contributed by atoms with van der Waals surface area (Å²) in [6.45, 7) is 1.55. The van der Waals surface area contributed by atoms with Crippen molar-refractivity contribution in [3.8, 4) is 0 Å². The summed E-state index contributed by atoms with van der Waals surface area (Å²) < 4.78 is 27.5. The molecule has 110 valence electrons. The second-order valence-corrected chi connectivity index (χ2v) is 7.62. The van der Waals surface area contributed by atoms with E-state index >= 15 is 0 Å². The van der Waals surface area contributed by atoms with Gasteiger partial charge in [0.25, 0.3) is 0 Å². The summed E-state index contributed by atoms with van der Waals surface area (Å²) in [5.74, 6) is 0.518. The summed E-state index contributed by atoms with van der Waals surface area (Å²) in [6.07, 6.45) is 6.78. The van der Waals surface area contributed by atoms with Crippen LogP contribution in [0.4, 0.5) is 5.69 Å². The number of hydrogen-bond donors (Lipinski definition) is 2. The number of nitrogens with one attached hydrogen (secondary N) is 2. The largest absolute Gasteiger partial charge is 0.385 e. The predicted octanol–water partition coefficient (Wildman–Crippen LogP) is 2.51. The van der Waals surface area contributed by atoms with Gasteiger partial charge < -0.3 is 5.32 Å². The molecular formula is C15H22N2O2S. The van der Waals surface area contributed by atoms with Gasteiger partial charge in [0, 0.05) is 18.8 Å². The molecule has 20 heavy (non-hydrogen) atoms. The summed E-state index contributed by atoms with van der Waals surface area (Å²) in [4.78, 5) is 0.401. The fourth-order valence-corrected chi connectivity index (χ4v) is 4.31. The Morgan fingerprint density at radius 1 is 1.20 bits per heavy atom. The van der Waals surface area contributed by atoms with Crippen molar-refractivity contribution >= 4 is 15.7 Å². The van der Waals surface area contributed by atoms with Crippen molar-refractivity contribution in [2.45, 2.75) is 43.4 Å². The summed E-state index contributed by atoms with van der Waals surface area (Å²) >= 11 is 0. The van der Waals surface area contributed by atoms with Crippen LogP contribution in [0.3, 0.4) is 0 Å². The second kappa shape index (κ2) is 5.74. The van der Waals surface area contributed by atoms with Crippen molar-refractivity contribution in [3.05, 3.63) is 23.8 Å². The summed E-state index contributed by atoms with van der Waals surface area (Å²) in [5.41, 5.74) is 2.19. The number of sulfonamides is 1. The molecule has 1 aromatic rings. The molecule has 1 fully saturated rings. The van der Waals surface area contributed by atoms with Gasteiger partial charge in [-0.05, 0) is 55.4 Å². The normalized spacial score (nSPS) is 19.6. The summed E-state index contributed by atoms with van der Waals surface area (Å²) in [5, 5.41) is 3.30. The van der Waals surface area contributed by atoms with Crippen LogP contribution in [0.15, 0.2) is 23.1 Å². The zero-order valence-corrected chi connectivity index (χ0v) is 12.5. The smallest absolute Gasteiger partial charge is 0.240 e. The zero-order valence-electron chi connectivity index (χ0n) is 11.7. The fraction of sp³-hybridized carbons (Fsp3) is 0.600. The Kier molecular flexibility index (Phi) is 3.98. The van der Waals surface area contributed by atoms with Crippen molar-refractivity contribution in [3.63, 3.8) is 0 Å². The van der Waals surface area contributed by atoms with E-state index in [1.54, 1.807) is 6.07 Å². The Morgan fingerprint density at radius 2 is 2.00 bits per heavy atom. The molecule has 1 saturated carbocycles. The SMILES string of the molecule is O=S(=O)(NCC1CCCC1)c1ccc2c(c1)CCCN2. The van der Waals surface area contributed by atoms with Gasteiger partial charge in [0.05, 0.1) is 4.90 Å². The number of aryl methyl sites for hydroxylation is 1. The van der Waals surface area contributed by atoms with Crippen molar-refractivity contribution in [1.82, 2.24) is 4.72 Å². The van der Waals surface area contributed by atoms with Crippen LogP contribution in [0.25, 0.3) is 0 Å². The van der Waals surface area contributed by atoms with Crippen LogP contribution in [0.2, 0.25) is 0 Å². The van der Waals surface area contributed by atoms with E-state index in [-0.39, 0.29) is 0 Å². The molecule has 0 radical (unpaired) electrons. The van der Waals surface area contributed by atoms with Crippen LogP contribution in [-0.4, -0.2) is 21.5 Å². The standard InChI is InChI=1S/C15H22N2O2S/c18-20(19,17-11-12-4-1-2-5-12)14-7-8-15-13(10-14)6-3-9-16-15/h7-8,10,12,16-17H,1-6,9,11H2. The molecule has 1 heterocycles. The molecule has 2 N–H and O–H groups in total. The molecule has 0 saturated heterocycles. The van der Waals surface area contributed by atoms with Crippen LogP contribution in [-0.2, 0) is 16.4 Å². The average Bonchev–Trinajstić information content (AvgIpc) is 2.98. The van der Waals surface area contributed by atoms with Crippen molar-refractivity contribution in [2.75, 3.05) is 18.4 Å². The van der Waals surface area contributed by atoms with E-state index in [4.69, 9.17) is 0 Å². The third-order valence-corrected chi connectivity index (χ3v) is 5.78. The van der Waals surface area contributed by atoms with E-state index in [1.165, 1.54) is 12.8 Å². The highest BCUT2D eigenvalue weighted by molar-refractivity contribution is 7.89. The molecule has 0 bridgehead atoms. The van der Waals surface area contributed by atoms with Gasteiger partial charge in [-0.25, -0.2) is 13.1 Å². The highest BCUT2D eigenvalue weighted by Gasteiger charge is 2.21. The highest BCUT2D eigenvalue weighted by atomic mass is 32.2. The number of rotatable bonds is 4. The highest BCUT2D eigenvalue weighted by Crippen LogP contribution is 2.26. The Morgan fingerprint density at radius 3 is 2.80 bits per heavy atom. The maximum atomic E-state index is 12.3. The molecule has 1 aliphatic heterocycles. The summed E-state index contributed by atoms with van der Waals surface area (Å²) in [7, 11) is -3.36.